The van der Waals surface area contributed by atoms with E-state index in [0.29, 0.717) is 56.9 Å². The van der Waals surface area contributed by atoms with Gasteiger partial charge in [0.25, 0.3) is 0 Å². The van der Waals surface area contributed by atoms with Gasteiger partial charge in [-0.2, -0.15) is 0 Å². The third-order valence-corrected chi connectivity index (χ3v) is 13.0. The third kappa shape index (κ3) is 9.93. The number of hydrogen-bond acceptors (Lipinski definition) is 8. The highest BCUT2D eigenvalue weighted by Gasteiger charge is 2.45. The summed E-state index contributed by atoms with van der Waals surface area (Å²) >= 11 is 0. The van der Waals surface area contributed by atoms with Crippen LogP contribution in [-0.2, 0) is 46.4 Å². The van der Waals surface area contributed by atoms with Crippen LogP contribution in [0.5, 0.6) is 5.75 Å². The molecular formula is C45H61N7O8. The smallest absolute Gasteiger partial charge is 0.246 e. The highest BCUT2D eigenvalue weighted by atomic mass is 16.3. The fourth-order valence-electron chi connectivity index (χ4n) is 9.02. The van der Waals surface area contributed by atoms with Crippen molar-refractivity contribution in [3.8, 4) is 5.75 Å². The average molecular weight is 828 g/mol. The summed E-state index contributed by atoms with van der Waals surface area (Å²) in [6, 6.07) is 8.55. The summed E-state index contributed by atoms with van der Waals surface area (Å²) in [6.07, 6.45) is 3.88. The molecule has 0 spiro atoms. The lowest BCUT2D eigenvalue weighted by molar-refractivity contribution is -0.146. The number of nitrogens with one attached hydrogen (secondary N) is 4. The average Bonchev–Trinajstić information content (AvgIpc) is 4.06. The maximum absolute atomic E-state index is 14.6. The Labute approximate surface area is 352 Å². The van der Waals surface area contributed by atoms with Gasteiger partial charge in [-0.15, -0.1) is 0 Å². The standard InChI is InChI=1S/C45H61N7O8/c1-5-27(3)37-42(57)47-33(25-29-13-8-7-9-14-29)44(59)51-23-11-17-36(51)41(56)49-38(28(4)6-2)45(60)52-24-12-15-34(52)39(54)46-32(26-30-18-20-31(53)21-19-30)43(58)50-22-10-16-35(50)40(55)48-37/h7-9,13-14,18-21,27-28,32-38,53H,5-6,10-12,15-17,22-26H2,1-4H3,(H,46,54)(H,47,57)(H,48,55)(H,49,56)/t27-,28-,32+,33+,34+,35+,36+,37+,38+/m1/s1. The summed E-state index contributed by atoms with van der Waals surface area (Å²) in [5.41, 5.74) is 1.45. The Hall–Kier alpha value is -5.47. The Kier molecular flexibility index (Phi) is 14.5. The highest BCUT2D eigenvalue weighted by Crippen LogP contribution is 2.26. The summed E-state index contributed by atoms with van der Waals surface area (Å²) in [5.74, 6) is -4.08. The topological polar surface area (TPSA) is 198 Å². The Bertz CT molecular complexity index is 1890. The number of rotatable bonds is 8. The molecule has 5 N–H and O–H groups in total. The molecule has 4 aliphatic rings. The summed E-state index contributed by atoms with van der Waals surface area (Å²) in [6.45, 7) is 8.30. The first-order valence-electron chi connectivity index (χ1n) is 21.8. The molecule has 2 aromatic carbocycles. The maximum atomic E-state index is 14.6. The van der Waals surface area contributed by atoms with Gasteiger partial charge >= 0.3 is 0 Å². The maximum Gasteiger partial charge on any atom is 0.246 e. The first-order valence-corrected chi connectivity index (χ1v) is 21.8. The van der Waals surface area contributed by atoms with Crippen molar-refractivity contribution in [3.05, 3.63) is 65.7 Å². The molecule has 0 bridgehead atoms. The number of phenolic OH excluding ortho intramolecular Hbond substituents is 1. The minimum absolute atomic E-state index is 0.0386. The molecule has 4 aliphatic heterocycles. The van der Waals surface area contributed by atoms with Crippen LogP contribution in [-0.4, -0.2) is 123 Å². The number of carbonyl (C=O) groups excluding carboxylic acids is 7. The van der Waals surface area contributed by atoms with Gasteiger partial charge in [-0.25, -0.2) is 0 Å². The predicted octanol–water partition coefficient (Wildman–Crippen LogP) is 2.20. The van der Waals surface area contributed by atoms with E-state index in [2.05, 4.69) is 21.3 Å². The molecule has 15 nitrogen and oxygen atoms in total. The van der Waals surface area contributed by atoms with E-state index in [1.807, 2.05) is 58.0 Å². The van der Waals surface area contributed by atoms with Gasteiger partial charge in [0.15, 0.2) is 0 Å². The Morgan fingerprint density at radius 1 is 0.533 bits per heavy atom. The molecule has 4 fully saturated rings. The van der Waals surface area contributed by atoms with Crippen LogP contribution in [0.2, 0.25) is 0 Å². The lowest BCUT2D eigenvalue weighted by Gasteiger charge is -2.34. The zero-order chi connectivity index (χ0) is 43.1. The Balaban J connectivity index is 1.40. The molecule has 0 aliphatic carbocycles. The van der Waals surface area contributed by atoms with Crippen LogP contribution in [0.1, 0.15) is 90.2 Å². The fraction of sp³-hybridized carbons (Fsp3) is 0.578. The van der Waals surface area contributed by atoms with Crippen molar-refractivity contribution < 1.29 is 38.7 Å². The van der Waals surface area contributed by atoms with Gasteiger partial charge in [-0.3, -0.25) is 33.6 Å². The van der Waals surface area contributed by atoms with Crippen LogP contribution in [0, 0.1) is 11.8 Å². The first-order chi connectivity index (χ1) is 28.8. The number of carbonyl (C=O) groups is 7. The van der Waals surface area contributed by atoms with E-state index in [1.165, 1.54) is 26.8 Å². The van der Waals surface area contributed by atoms with E-state index < -0.39 is 83.6 Å². The van der Waals surface area contributed by atoms with Crippen molar-refractivity contribution >= 4 is 41.4 Å². The quantitative estimate of drug-likeness (QED) is 0.267. The number of benzene rings is 2. The number of phenols is 1. The SMILES string of the molecule is CC[C@@H](C)[C@@H]1NC(=O)[C@@H]2CCCN2C(=O)[C@H](Cc2ccc(O)cc2)NC(=O)[C@@H]2CCCN2C(=O)[C@H]([C@H](C)CC)NC(=O)[C@@H]2CCCN2C(=O)[C@H](Cc2ccccc2)NC1=O. The fourth-order valence-corrected chi connectivity index (χ4v) is 9.02. The van der Waals surface area contributed by atoms with Crippen molar-refractivity contribution in [2.24, 2.45) is 11.8 Å². The van der Waals surface area contributed by atoms with E-state index in [-0.39, 0.29) is 50.1 Å². The van der Waals surface area contributed by atoms with Gasteiger partial charge in [-0.05, 0) is 73.6 Å². The van der Waals surface area contributed by atoms with Crippen molar-refractivity contribution in [3.63, 3.8) is 0 Å². The number of hydrogen-bond donors (Lipinski definition) is 5. The van der Waals surface area contributed by atoms with Gasteiger partial charge in [-0.1, -0.05) is 83.0 Å². The van der Waals surface area contributed by atoms with Crippen LogP contribution in [0.25, 0.3) is 0 Å². The van der Waals surface area contributed by atoms with E-state index in [4.69, 9.17) is 0 Å². The van der Waals surface area contributed by atoms with Crippen LogP contribution < -0.4 is 21.3 Å². The first kappa shape index (κ1) is 44.1. The largest absolute Gasteiger partial charge is 0.508 e. The molecule has 60 heavy (non-hydrogen) atoms. The highest BCUT2D eigenvalue weighted by molar-refractivity contribution is 5.99. The van der Waals surface area contributed by atoms with Gasteiger partial charge < -0.3 is 41.1 Å². The molecule has 0 radical (unpaired) electrons. The second-order valence-electron chi connectivity index (χ2n) is 17.0. The molecule has 0 unspecified atom stereocenters. The molecule has 4 saturated heterocycles. The van der Waals surface area contributed by atoms with Crippen LogP contribution in [0.15, 0.2) is 54.6 Å². The summed E-state index contributed by atoms with van der Waals surface area (Å²) in [7, 11) is 0. The minimum atomic E-state index is -1.13. The summed E-state index contributed by atoms with van der Waals surface area (Å²) < 4.78 is 0. The minimum Gasteiger partial charge on any atom is -0.508 e. The van der Waals surface area contributed by atoms with Gasteiger partial charge in [0.2, 0.25) is 41.4 Å². The molecule has 324 valence electrons. The molecular weight excluding hydrogens is 767 g/mol. The molecule has 2 aromatic rings. The number of nitrogens with zero attached hydrogens (tertiary/aromatic N) is 3. The zero-order valence-electron chi connectivity index (χ0n) is 35.2. The molecule has 4 heterocycles. The second-order valence-corrected chi connectivity index (χ2v) is 17.0. The molecule has 0 saturated carbocycles. The normalized spacial score (nSPS) is 28.4. The molecule has 7 amide bonds. The Morgan fingerprint density at radius 2 is 0.933 bits per heavy atom. The monoisotopic (exact) mass is 827 g/mol. The number of fused-ring (bicyclic) bond motifs is 3. The molecule has 6 rings (SSSR count). The van der Waals surface area contributed by atoms with Crippen LogP contribution >= 0.6 is 0 Å². The van der Waals surface area contributed by atoms with Crippen LogP contribution in [0.4, 0.5) is 0 Å². The van der Waals surface area contributed by atoms with Gasteiger partial charge in [0, 0.05) is 32.5 Å². The van der Waals surface area contributed by atoms with E-state index in [1.54, 1.807) is 12.1 Å². The molecule has 15 heteroatoms. The van der Waals surface area contributed by atoms with Crippen molar-refractivity contribution in [2.75, 3.05) is 19.6 Å². The second kappa shape index (κ2) is 19.7. The molecule has 9 atom stereocenters. The van der Waals surface area contributed by atoms with Crippen LogP contribution in [0.3, 0.4) is 0 Å². The van der Waals surface area contributed by atoms with Gasteiger partial charge in [0.05, 0.1) is 0 Å². The summed E-state index contributed by atoms with van der Waals surface area (Å²) in [4.78, 5) is 105. The number of amides is 7. The van der Waals surface area contributed by atoms with Crippen molar-refractivity contribution in [2.45, 2.75) is 134 Å². The van der Waals surface area contributed by atoms with E-state index >= 15 is 0 Å². The third-order valence-electron chi connectivity index (χ3n) is 13.0. The van der Waals surface area contributed by atoms with Gasteiger partial charge in [0.1, 0.15) is 48.0 Å². The lowest BCUT2D eigenvalue weighted by Crippen LogP contribution is -2.60. The lowest BCUT2D eigenvalue weighted by atomic mass is 9.96. The van der Waals surface area contributed by atoms with Crippen molar-refractivity contribution in [1.82, 2.24) is 36.0 Å². The zero-order valence-corrected chi connectivity index (χ0v) is 35.2. The summed E-state index contributed by atoms with van der Waals surface area (Å²) in [5, 5.41) is 21.8. The van der Waals surface area contributed by atoms with E-state index in [0.717, 1.165) is 5.56 Å². The Morgan fingerprint density at radius 3 is 1.42 bits per heavy atom. The number of aromatic hydroxyl groups is 1. The molecule has 0 aromatic heterocycles. The van der Waals surface area contributed by atoms with Crippen molar-refractivity contribution in [1.29, 1.82) is 0 Å². The predicted molar refractivity (Wildman–Crippen MR) is 223 cm³/mol. The van der Waals surface area contributed by atoms with E-state index in [9.17, 15) is 38.7 Å².